The van der Waals surface area contributed by atoms with Crippen LogP contribution in [0.5, 0.6) is 0 Å². The van der Waals surface area contributed by atoms with Crippen molar-refractivity contribution >= 4 is 11.8 Å². The monoisotopic (exact) mass is 387 g/mol. The lowest BCUT2D eigenvalue weighted by molar-refractivity contribution is -0.140. The average Bonchev–Trinajstić information content (AvgIpc) is 2.62. The van der Waals surface area contributed by atoms with Crippen LogP contribution in [0, 0.1) is 5.92 Å². The van der Waals surface area contributed by atoms with Crippen LogP contribution in [-0.4, -0.2) is 40.9 Å². The van der Waals surface area contributed by atoms with Gasteiger partial charge in [0, 0.05) is 25.8 Å². The van der Waals surface area contributed by atoms with Crippen LogP contribution in [0.4, 0.5) is 13.2 Å². The van der Waals surface area contributed by atoms with E-state index < -0.39 is 29.8 Å². The number of hydrogen-bond acceptors (Lipinski definition) is 3. The van der Waals surface area contributed by atoms with Crippen molar-refractivity contribution in [1.82, 2.24) is 14.8 Å². The second-order valence-corrected chi connectivity index (χ2v) is 6.68. The molecule has 1 saturated heterocycles. The van der Waals surface area contributed by atoms with Crippen LogP contribution in [0.15, 0.2) is 23.1 Å². The third kappa shape index (κ3) is 5.58. The molecule has 1 aliphatic rings. The fourth-order valence-electron chi connectivity index (χ4n) is 3.07. The van der Waals surface area contributed by atoms with Gasteiger partial charge in [-0.2, -0.15) is 13.2 Å². The number of carbonyl (C=O) groups excluding carboxylic acids is 2. The number of nitrogens with one attached hydrogen (secondary N) is 1. The van der Waals surface area contributed by atoms with Gasteiger partial charge >= 0.3 is 6.18 Å². The second kappa shape index (κ2) is 9.05. The lowest BCUT2D eigenvalue weighted by atomic mass is 9.97. The topological polar surface area (TPSA) is 71.4 Å². The summed E-state index contributed by atoms with van der Waals surface area (Å²) < 4.78 is 39.3. The average molecular weight is 387 g/mol. The smallest absolute Gasteiger partial charge is 0.356 e. The maximum atomic E-state index is 12.8. The SMILES string of the molecule is CCCCNC(=O)C1CCCN(C(=O)Cn2cccc(C(F)(F)F)c2=O)C1. The van der Waals surface area contributed by atoms with Gasteiger partial charge in [-0.25, -0.2) is 0 Å². The van der Waals surface area contributed by atoms with Crippen molar-refractivity contribution in [1.29, 1.82) is 0 Å². The van der Waals surface area contributed by atoms with E-state index in [1.165, 1.54) is 4.90 Å². The number of hydrogen-bond donors (Lipinski definition) is 1. The number of unbranched alkanes of at least 4 members (excludes halogenated alkanes) is 1. The first-order valence-corrected chi connectivity index (χ1v) is 9.06. The summed E-state index contributed by atoms with van der Waals surface area (Å²) in [6.45, 7) is 2.75. The first-order chi connectivity index (χ1) is 12.7. The summed E-state index contributed by atoms with van der Waals surface area (Å²) in [4.78, 5) is 38.0. The van der Waals surface area contributed by atoms with Gasteiger partial charge in [-0.1, -0.05) is 13.3 Å². The number of pyridine rings is 1. The van der Waals surface area contributed by atoms with E-state index in [1.807, 2.05) is 6.92 Å². The van der Waals surface area contributed by atoms with Gasteiger partial charge in [-0.15, -0.1) is 0 Å². The van der Waals surface area contributed by atoms with Crippen molar-refractivity contribution in [2.24, 2.45) is 5.92 Å². The summed E-state index contributed by atoms with van der Waals surface area (Å²) in [6, 6.07) is 1.79. The van der Waals surface area contributed by atoms with Crippen LogP contribution in [0.2, 0.25) is 0 Å². The maximum Gasteiger partial charge on any atom is 0.421 e. The summed E-state index contributed by atoms with van der Waals surface area (Å²) >= 11 is 0. The molecule has 1 unspecified atom stereocenters. The molecule has 0 aliphatic carbocycles. The molecule has 1 fully saturated rings. The zero-order valence-corrected chi connectivity index (χ0v) is 15.2. The predicted octanol–water partition coefficient (Wildman–Crippen LogP) is 2.02. The largest absolute Gasteiger partial charge is 0.421 e. The number of nitrogens with zero attached hydrogens (tertiary/aromatic N) is 2. The van der Waals surface area contributed by atoms with Gasteiger partial charge in [0.1, 0.15) is 12.1 Å². The summed E-state index contributed by atoms with van der Waals surface area (Å²) in [5, 5.41) is 2.84. The first-order valence-electron chi connectivity index (χ1n) is 9.06. The Balaban J connectivity index is 2.02. The van der Waals surface area contributed by atoms with E-state index >= 15 is 0 Å². The molecular formula is C18H24F3N3O3. The van der Waals surface area contributed by atoms with Crippen molar-refractivity contribution in [2.75, 3.05) is 19.6 Å². The minimum atomic E-state index is -4.77. The molecule has 0 bridgehead atoms. The Bertz CT molecular complexity index is 731. The molecule has 0 aromatic carbocycles. The van der Waals surface area contributed by atoms with Gasteiger partial charge in [0.2, 0.25) is 11.8 Å². The van der Waals surface area contributed by atoms with Gasteiger partial charge in [0.05, 0.1) is 5.92 Å². The molecule has 1 aliphatic heterocycles. The molecule has 27 heavy (non-hydrogen) atoms. The highest BCUT2D eigenvalue weighted by Crippen LogP contribution is 2.26. The van der Waals surface area contributed by atoms with Crippen molar-refractivity contribution in [2.45, 2.75) is 45.3 Å². The summed E-state index contributed by atoms with van der Waals surface area (Å²) in [5.41, 5.74) is -2.55. The molecule has 1 aromatic heterocycles. The Labute approximate surface area is 155 Å². The Morgan fingerprint density at radius 3 is 2.74 bits per heavy atom. The zero-order chi connectivity index (χ0) is 20.0. The second-order valence-electron chi connectivity index (χ2n) is 6.68. The predicted molar refractivity (Wildman–Crippen MR) is 92.9 cm³/mol. The minimum Gasteiger partial charge on any atom is -0.356 e. The van der Waals surface area contributed by atoms with Gasteiger partial charge < -0.3 is 14.8 Å². The summed E-state index contributed by atoms with van der Waals surface area (Å²) in [7, 11) is 0. The molecule has 2 heterocycles. The van der Waals surface area contributed by atoms with E-state index in [9.17, 15) is 27.6 Å². The van der Waals surface area contributed by atoms with Crippen LogP contribution in [0.3, 0.4) is 0 Å². The van der Waals surface area contributed by atoms with Crippen molar-refractivity contribution in [3.63, 3.8) is 0 Å². The number of carbonyl (C=O) groups is 2. The fourth-order valence-corrected chi connectivity index (χ4v) is 3.07. The lowest BCUT2D eigenvalue weighted by Crippen LogP contribution is -2.47. The molecule has 150 valence electrons. The Morgan fingerprint density at radius 2 is 2.07 bits per heavy atom. The van der Waals surface area contributed by atoms with E-state index in [-0.39, 0.29) is 18.4 Å². The minimum absolute atomic E-state index is 0.114. The van der Waals surface area contributed by atoms with E-state index in [0.717, 1.165) is 29.7 Å². The molecule has 1 aromatic rings. The number of rotatable bonds is 6. The number of piperidine rings is 1. The van der Waals surface area contributed by atoms with Crippen LogP contribution in [0.25, 0.3) is 0 Å². The highest BCUT2D eigenvalue weighted by atomic mass is 19.4. The summed E-state index contributed by atoms with van der Waals surface area (Å²) in [6.07, 6.45) is -0.481. The molecule has 1 N–H and O–H groups in total. The van der Waals surface area contributed by atoms with Crippen molar-refractivity contribution < 1.29 is 22.8 Å². The van der Waals surface area contributed by atoms with Crippen LogP contribution < -0.4 is 10.9 Å². The van der Waals surface area contributed by atoms with E-state index in [0.29, 0.717) is 32.0 Å². The highest BCUT2D eigenvalue weighted by Gasteiger charge is 2.35. The van der Waals surface area contributed by atoms with Crippen LogP contribution in [-0.2, 0) is 22.3 Å². The summed E-state index contributed by atoms with van der Waals surface area (Å²) in [5.74, 6) is -0.919. The molecule has 2 rings (SSSR count). The van der Waals surface area contributed by atoms with Gasteiger partial charge in [0.25, 0.3) is 5.56 Å². The number of aromatic nitrogens is 1. The normalized spacial score (nSPS) is 17.6. The number of halogens is 3. The third-order valence-electron chi connectivity index (χ3n) is 4.61. The molecule has 0 saturated carbocycles. The Kier molecular flexibility index (Phi) is 7.04. The van der Waals surface area contributed by atoms with Gasteiger partial charge in [0.15, 0.2) is 0 Å². The molecule has 2 amide bonds. The number of likely N-dealkylation sites (tertiary alicyclic amines) is 1. The third-order valence-corrected chi connectivity index (χ3v) is 4.61. The lowest BCUT2D eigenvalue weighted by Gasteiger charge is -2.32. The van der Waals surface area contributed by atoms with Gasteiger partial charge in [-0.05, 0) is 31.4 Å². The van der Waals surface area contributed by atoms with Crippen LogP contribution in [0.1, 0.15) is 38.2 Å². The number of alkyl halides is 3. The number of amides is 2. The quantitative estimate of drug-likeness (QED) is 0.760. The fraction of sp³-hybridized carbons (Fsp3) is 0.611. The Morgan fingerprint density at radius 1 is 1.33 bits per heavy atom. The molecule has 6 nitrogen and oxygen atoms in total. The molecule has 9 heteroatoms. The standard InChI is InChI=1S/C18H24F3N3O3/c1-2-3-8-22-16(26)13-6-4-9-23(11-13)15(25)12-24-10-5-7-14(17(24)27)18(19,20)21/h5,7,10,13H,2-4,6,8-9,11-12H2,1H3,(H,22,26). The van der Waals surface area contributed by atoms with Crippen molar-refractivity contribution in [3.8, 4) is 0 Å². The van der Waals surface area contributed by atoms with Gasteiger partial charge in [-0.3, -0.25) is 14.4 Å². The maximum absolute atomic E-state index is 12.8. The molecule has 1 atom stereocenters. The molecule has 0 radical (unpaired) electrons. The molecule has 0 spiro atoms. The highest BCUT2D eigenvalue weighted by molar-refractivity contribution is 5.81. The van der Waals surface area contributed by atoms with E-state index in [1.54, 1.807) is 0 Å². The van der Waals surface area contributed by atoms with E-state index in [2.05, 4.69) is 5.32 Å². The first kappa shape index (κ1) is 21.0. The Hall–Kier alpha value is -2.32. The van der Waals surface area contributed by atoms with Crippen LogP contribution >= 0.6 is 0 Å². The van der Waals surface area contributed by atoms with E-state index in [4.69, 9.17) is 0 Å². The molecular weight excluding hydrogens is 363 g/mol. The zero-order valence-electron chi connectivity index (χ0n) is 15.2. The van der Waals surface area contributed by atoms with Crippen molar-refractivity contribution in [3.05, 3.63) is 34.2 Å².